The summed E-state index contributed by atoms with van der Waals surface area (Å²) in [4.78, 5) is 10.5. The summed E-state index contributed by atoms with van der Waals surface area (Å²) in [5, 5.41) is 8.61. The maximum atomic E-state index is 10.5. The molecule has 72 valence electrons. The molecule has 3 nitrogen and oxygen atoms in total. The fourth-order valence-corrected chi connectivity index (χ4v) is 1.51. The minimum atomic E-state index is -0.772. The van der Waals surface area contributed by atoms with Gasteiger partial charge in [-0.3, -0.25) is 4.79 Å². The lowest BCUT2D eigenvalue weighted by Gasteiger charge is -2.05. The maximum absolute atomic E-state index is 10.5. The second kappa shape index (κ2) is 3.64. The van der Waals surface area contributed by atoms with Crippen molar-refractivity contribution in [3.63, 3.8) is 0 Å². The maximum Gasteiger partial charge on any atom is 0.303 e. The third kappa shape index (κ3) is 2.34. The third-order valence-electron chi connectivity index (χ3n) is 2.09. The van der Waals surface area contributed by atoms with Gasteiger partial charge in [-0.25, -0.2) is 0 Å². The first-order chi connectivity index (χ1) is 6.00. The van der Waals surface area contributed by atoms with Crippen molar-refractivity contribution in [3.8, 4) is 0 Å². The predicted octanol–water partition coefficient (Wildman–Crippen LogP) is 2.47. The highest BCUT2D eigenvalue weighted by Crippen LogP contribution is 2.25. The van der Waals surface area contributed by atoms with Crippen LogP contribution in [0.3, 0.4) is 0 Å². The van der Waals surface area contributed by atoms with Gasteiger partial charge in [-0.05, 0) is 31.4 Å². The van der Waals surface area contributed by atoms with E-state index in [1.54, 1.807) is 0 Å². The Morgan fingerprint density at radius 1 is 1.62 bits per heavy atom. The van der Waals surface area contributed by atoms with Gasteiger partial charge in [-0.1, -0.05) is 6.92 Å². The summed E-state index contributed by atoms with van der Waals surface area (Å²) in [5.41, 5.74) is 1.000. The number of hydrogen-bond donors (Lipinski definition) is 1. The molecule has 1 heterocycles. The van der Waals surface area contributed by atoms with Crippen molar-refractivity contribution in [2.24, 2.45) is 0 Å². The SMILES string of the molecule is Cc1cc([C@H](C)CC(=O)O)c(C)o1. The van der Waals surface area contributed by atoms with E-state index in [-0.39, 0.29) is 12.3 Å². The molecule has 0 radical (unpaired) electrons. The molecule has 0 amide bonds. The van der Waals surface area contributed by atoms with E-state index in [9.17, 15) is 4.79 Å². The molecule has 0 aliphatic rings. The number of aryl methyl sites for hydroxylation is 2. The quantitative estimate of drug-likeness (QED) is 0.781. The zero-order valence-corrected chi connectivity index (χ0v) is 8.13. The molecule has 0 saturated heterocycles. The number of carboxylic acid groups (broad SMARTS) is 1. The van der Waals surface area contributed by atoms with E-state index in [4.69, 9.17) is 9.52 Å². The van der Waals surface area contributed by atoms with Gasteiger partial charge in [0, 0.05) is 0 Å². The van der Waals surface area contributed by atoms with Gasteiger partial charge in [-0.2, -0.15) is 0 Å². The zero-order chi connectivity index (χ0) is 10.0. The highest BCUT2D eigenvalue weighted by Gasteiger charge is 2.15. The van der Waals surface area contributed by atoms with Crippen LogP contribution in [0.4, 0.5) is 0 Å². The number of aliphatic carboxylic acids is 1. The molecular weight excluding hydrogens is 168 g/mol. The Kier molecular flexibility index (Phi) is 2.76. The van der Waals surface area contributed by atoms with Gasteiger partial charge >= 0.3 is 5.97 Å². The summed E-state index contributed by atoms with van der Waals surface area (Å²) >= 11 is 0. The average molecular weight is 182 g/mol. The molecule has 0 aliphatic heterocycles. The number of hydrogen-bond acceptors (Lipinski definition) is 2. The van der Waals surface area contributed by atoms with E-state index in [1.807, 2.05) is 26.8 Å². The summed E-state index contributed by atoms with van der Waals surface area (Å²) in [6.45, 7) is 5.62. The van der Waals surface area contributed by atoms with Crippen LogP contribution in [-0.2, 0) is 4.79 Å². The Morgan fingerprint density at radius 2 is 2.23 bits per heavy atom. The molecule has 1 N–H and O–H groups in total. The van der Waals surface area contributed by atoms with E-state index in [0.29, 0.717) is 0 Å². The van der Waals surface area contributed by atoms with Gasteiger partial charge in [0.15, 0.2) is 0 Å². The first-order valence-corrected chi connectivity index (χ1v) is 4.29. The number of rotatable bonds is 3. The van der Waals surface area contributed by atoms with Gasteiger partial charge in [0.2, 0.25) is 0 Å². The molecule has 1 atom stereocenters. The number of carbonyl (C=O) groups is 1. The molecule has 1 aromatic rings. The monoisotopic (exact) mass is 182 g/mol. The fourth-order valence-electron chi connectivity index (χ4n) is 1.51. The van der Waals surface area contributed by atoms with Crippen molar-refractivity contribution in [1.82, 2.24) is 0 Å². The van der Waals surface area contributed by atoms with Crippen molar-refractivity contribution in [3.05, 3.63) is 23.2 Å². The highest BCUT2D eigenvalue weighted by molar-refractivity contribution is 5.68. The molecule has 0 unspecified atom stereocenters. The van der Waals surface area contributed by atoms with Crippen LogP contribution in [0.1, 0.15) is 36.3 Å². The second-order valence-electron chi connectivity index (χ2n) is 3.37. The fraction of sp³-hybridized carbons (Fsp3) is 0.500. The normalized spacial score (nSPS) is 12.8. The Balaban J connectivity index is 2.81. The van der Waals surface area contributed by atoms with E-state index in [2.05, 4.69) is 0 Å². The lowest BCUT2D eigenvalue weighted by Crippen LogP contribution is -2.02. The smallest absolute Gasteiger partial charge is 0.303 e. The summed E-state index contributed by atoms with van der Waals surface area (Å²) in [7, 11) is 0. The van der Waals surface area contributed by atoms with Gasteiger partial charge < -0.3 is 9.52 Å². The first-order valence-electron chi connectivity index (χ1n) is 4.29. The molecule has 0 aliphatic carbocycles. The third-order valence-corrected chi connectivity index (χ3v) is 2.09. The minimum Gasteiger partial charge on any atom is -0.481 e. The molecule has 1 aromatic heterocycles. The molecule has 0 spiro atoms. The molecule has 0 aromatic carbocycles. The number of carboxylic acids is 1. The van der Waals surface area contributed by atoms with Gasteiger partial charge in [0.05, 0.1) is 6.42 Å². The second-order valence-corrected chi connectivity index (χ2v) is 3.37. The Hall–Kier alpha value is -1.25. The standard InChI is InChI=1S/C10H14O3/c1-6(4-10(11)12)9-5-7(2)13-8(9)3/h5-6H,4H2,1-3H3,(H,11,12)/t6-/m1/s1. The molecule has 1 rings (SSSR count). The molecular formula is C10H14O3. The van der Waals surface area contributed by atoms with Crippen LogP contribution in [-0.4, -0.2) is 11.1 Å². The van der Waals surface area contributed by atoms with Crippen molar-refractivity contribution < 1.29 is 14.3 Å². The van der Waals surface area contributed by atoms with E-state index in [0.717, 1.165) is 17.1 Å². The van der Waals surface area contributed by atoms with Gasteiger partial charge in [0.25, 0.3) is 0 Å². The zero-order valence-electron chi connectivity index (χ0n) is 8.13. The summed E-state index contributed by atoms with van der Waals surface area (Å²) < 4.78 is 5.32. The summed E-state index contributed by atoms with van der Waals surface area (Å²) in [6.07, 6.45) is 0.153. The Bertz CT molecular complexity index is 312. The van der Waals surface area contributed by atoms with Crippen LogP contribution in [0.2, 0.25) is 0 Å². The summed E-state index contributed by atoms with van der Waals surface area (Å²) in [5.74, 6) is 0.914. The van der Waals surface area contributed by atoms with Crippen molar-refractivity contribution in [2.75, 3.05) is 0 Å². The van der Waals surface area contributed by atoms with Crippen molar-refractivity contribution in [2.45, 2.75) is 33.1 Å². The number of furan rings is 1. The Morgan fingerprint density at radius 3 is 2.62 bits per heavy atom. The van der Waals surface area contributed by atoms with E-state index >= 15 is 0 Å². The van der Waals surface area contributed by atoms with Crippen LogP contribution in [0.25, 0.3) is 0 Å². The van der Waals surface area contributed by atoms with Crippen molar-refractivity contribution >= 4 is 5.97 Å². The molecule has 0 fully saturated rings. The lowest BCUT2D eigenvalue weighted by molar-refractivity contribution is -0.137. The van der Waals surface area contributed by atoms with Crippen LogP contribution < -0.4 is 0 Å². The molecule has 13 heavy (non-hydrogen) atoms. The first kappa shape index (κ1) is 9.84. The largest absolute Gasteiger partial charge is 0.481 e. The van der Waals surface area contributed by atoms with Crippen LogP contribution >= 0.6 is 0 Å². The van der Waals surface area contributed by atoms with Crippen LogP contribution in [0, 0.1) is 13.8 Å². The summed E-state index contributed by atoms with van der Waals surface area (Å²) in [6, 6.07) is 1.91. The Labute approximate surface area is 77.4 Å². The predicted molar refractivity (Wildman–Crippen MR) is 48.8 cm³/mol. The van der Waals surface area contributed by atoms with Gasteiger partial charge in [0.1, 0.15) is 11.5 Å². The lowest BCUT2D eigenvalue weighted by atomic mass is 9.98. The van der Waals surface area contributed by atoms with Gasteiger partial charge in [-0.15, -0.1) is 0 Å². The minimum absolute atomic E-state index is 0.0231. The van der Waals surface area contributed by atoms with E-state index in [1.165, 1.54) is 0 Å². The highest BCUT2D eigenvalue weighted by atomic mass is 16.4. The topological polar surface area (TPSA) is 50.4 Å². The molecule has 0 bridgehead atoms. The molecule has 0 saturated carbocycles. The molecule has 3 heteroatoms. The average Bonchev–Trinajstić information content (AvgIpc) is 2.28. The van der Waals surface area contributed by atoms with Crippen LogP contribution in [0.15, 0.2) is 10.5 Å². The van der Waals surface area contributed by atoms with Crippen LogP contribution in [0.5, 0.6) is 0 Å². The van der Waals surface area contributed by atoms with Crippen molar-refractivity contribution in [1.29, 1.82) is 0 Å². The van der Waals surface area contributed by atoms with E-state index < -0.39 is 5.97 Å².